The van der Waals surface area contributed by atoms with E-state index in [1.165, 1.54) is 12.0 Å². The van der Waals surface area contributed by atoms with Crippen molar-refractivity contribution in [1.82, 2.24) is 4.90 Å². The van der Waals surface area contributed by atoms with Crippen molar-refractivity contribution in [1.29, 1.82) is 0 Å². The first-order chi connectivity index (χ1) is 16.9. The number of nitrogens with one attached hydrogen (secondary N) is 1. The number of methoxy groups -OCH3 is 1. The Morgan fingerprint density at radius 2 is 1.77 bits per heavy atom. The van der Waals surface area contributed by atoms with E-state index in [0.717, 1.165) is 17.3 Å². The summed E-state index contributed by atoms with van der Waals surface area (Å²) in [6.07, 6.45) is 1.57. The predicted molar refractivity (Wildman–Crippen MR) is 137 cm³/mol. The van der Waals surface area contributed by atoms with Crippen LogP contribution in [0.1, 0.15) is 11.1 Å². The summed E-state index contributed by atoms with van der Waals surface area (Å²) in [5.41, 5.74) is 1.94. The molecule has 3 aromatic carbocycles. The summed E-state index contributed by atoms with van der Waals surface area (Å²) < 4.78 is 11.2. The van der Waals surface area contributed by atoms with Gasteiger partial charge in [-0.25, -0.2) is 0 Å². The third-order valence-electron chi connectivity index (χ3n) is 5.05. The lowest BCUT2D eigenvalue weighted by Gasteiger charge is -2.14. The van der Waals surface area contributed by atoms with Crippen LogP contribution in [0.3, 0.4) is 0 Å². The van der Waals surface area contributed by atoms with Crippen molar-refractivity contribution in [3.63, 3.8) is 0 Å². The van der Waals surface area contributed by atoms with Crippen molar-refractivity contribution >= 4 is 52.2 Å². The molecule has 0 bridgehead atoms. The number of ether oxygens (including phenoxy) is 2. The zero-order chi connectivity index (χ0) is 24.8. The SMILES string of the molecule is COc1cccc(/C=C2/SC(=O)N(Cc3ccc(Cl)cc3)C2=O)c1OCC(=O)Nc1ccccc1. The Hall–Kier alpha value is -3.75. The maximum Gasteiger partial charge on any atom is 0.293 e. The van der Waals surface area contributed by atoms with E-state index in [1.807, 2.05) is 18.2 Å². The molecule has 3 aromatic rings. The summed E-state index contributed by atoms with van der Waals surface area (Å²) in [5.74, 6) is -0.0729. The molecule has 0 aromatic heterocycles. The van der Waals surface area contributed by atoms with Gasteiger partial charge in [-0.15, -0.1) is 0 Å². The van der Waals surface area contributed by atoms with Gasteiger partial charge in [0.1, 0.15) is 0 Å². The second-order valence-electron chi connectivity index (χ2n) is 7.48. The Bertz CT molecular complexity index is 1280. The topological polar surface area (TPSA) is 84.9 Å². The average molecular weight is 509 g/mol. The van der Waals surface area contributed by atoms with E-state index in [-0.39, 0.29) is 29.2 Å². The number of amides is 3. The normalized spacial score (nSPS) is 14.3. The predicted octanol–water partition coefficient (Wildman–Crippen LogP) is 5.60. The maximum atomic E-state index is 13.0. The van der Waals surface area contributed by atoms with Crippen LogP contribution < -0.4 is 14.8 Å². The van der Waals surface area contributed by atoms with E-state index >= 15 is 0 Å². The molecule has 1 aliphatic heterocycles. The van der Waals surface area contributed by atoms with Crippen LogP contribution in [0, 0.1) is 0 Å². The molecule has 1 aliphatic rings. The van der Waals surface area contributed by atoms with Gasteiger partial charge in [-0.3, -0.25) is 19.3 Å². The second kappa shape index (κ2) is 11.1. The van der Waals surface area contributed by atoms with Gasteiger partial charge in [-0.2, -0.15) is 0 Å². The quantitative estimate of drug-likeness (QED) is 0.398. The van der Waals surface area contributed by atoms with Crippen LogP contribution >= 0.6 is 23.4 Å². The first-order valence-corrected chi connectivity index (χ1v) is 11.8. The number of para-hydroxylation sites is 2. The third-order valence-corrected chi connectivity index (χ3v) is 6.21. The number of hydrogen-bond donors (Lipinski definition) is 1. The number of nitrogens with zero attached hydrogens (tertiary/aromatic N) is 1. The number of anilines is 1. The molecule has 0 saturated carbocycles. The molecule has 0 spiro atoms. The van der Waals surface area contributed by atoms with Crippen molar-refractivity contribution in [2.24, 2.45) is 0 Å². The fourth-order valence-electron chi connectivity index (χ4n) is 3.37. The van der Waals surface area contributed by atoms with E-state index in [2.05, 4.69) is 5.32 Å². The molecule has 0 atom stereocenters. The van der Waals surface area contributed by atoms with Crippen molar-refractivity contribution < 1.29 is 23.9 Å². The van der Waals surface area contributed by atoms with Crippen LogP contribution in [0.2, 0.25) is 5.02 Å². The van der Waals surface area contributed by atoms with Gasteiger partial charge >= 0.3 is 0 Å². The first-order valence-electron chi connectivity index (χ1n) is 10.6. The van der Waals surface area contributed by atoms with Crippen LogP contribution in [0.15, 0.2) is 77.7 Å². The van der Waals surface area contributed by atoms with Gasteiger partial charge < -0.3 is 14.8 Å². The molecule has 35 heavy (non-hydrogen) atoms. The zero-order valence-electron chi connectivity index (χ0n) is 18.7. The number of halogens is 1. The van der Waals surface area contributed by atoms with Gasteiger partial charge in [0.15, 0.2) is 18.1 Å². The number of thioether (sulfide) groups is 1. The van der Waals surface area contributed by atoms with E-state index in [1.54, 1.807) is 60.7 Å². The van der Waals surface area contributed by atoms with Crippen molar-refractivity contribution in [3.8, 4) is 11.5 Å². The number of rotatable bonds is 8. The van der Waals surface area contributed by atoms with Gasteiger partial charge in [-0.05, 0) is 53.7 Å². The van der Waals surface area contributed by atoms with Gasteiger partial charge in [0, 0.05) is 16.3 Å². The van der Waals surface area contributed by atoms with Crippen LogP contribution in [-0.4, -0.2) is 35.7 Å². The van der Waals surface area contributed by atoms with Crippen molar-refractivity contribution in [2.45, 2.75) is 6.54 Å². The van der Waals surface area contributed by atoms with E-state index in [4.69, 9.17) is 21.1 Å². The molecule has 0 radical (unpaired) electrons. The van der Waals surface area contributed by atoms with Gasteiger partial charge in [-0.1, -0.05) is 54.1 Å². The highest BCUT2D eigenvalue weighted by Gasteiger charge is 2.35. The Morgan fingerprint density at radius 3 is 2.49 bits per heavy atom. The fourth-order valence-corrected chi connectivity index (χ4v) is 4.32. The lowest BCUT2D eigenvalue weighted by atomic mass is 10.1. The lowest BCUT2D eigenvalue weighted by Crippen LogP contribution is -2.27. The van der Waals surface area contributed by atoms with Gasteiger partial charge in [0.05, 0.1) is 18.6 Å². The lowest BCUT2D eigenvalue weighted by molar-refractivity contribution is -0.123. The molecular weight excluding hydrogens is 488 g/mol. The molecule has 1 N–H and O–H groups in total. The molecular formula is C26H21ClN2O5S. The number of imide groups is 1. The summed E-state index contributed by atoms with van der Waals surface area (Å²) >= 11 is 6.76. The smallest absolute Gasteiger partial charge is 0.293 e. The molecule has 9 heteroatoms. The first kappa shape index (κ1) is 24.4. The molecule has 1 fully saturated rings. The Morgan fingerprint density at radius 1 is 1.03 bits per heavy atom. The standard InChI is InChI=1S/C26H21ClN2O5S/c1-33-21-9-5-6-18(24(21)34-16-23(30)28-20-7-3-2-4-8-20)14-22-25(31)29(26(32)35-22)15-17-10-12-19(27)13-11-17/h2-14H,15-16H2,1H3,(H,28,30)/b22-14+. The minimum Gasteiger partial charge on any atom is -0.493 e. The molecule has 3 amide bonds. The summed E-state index contributed by atoms with van der Waals surface area (Å²) in [6.45, 7) is -0.131. The molecule has 0 aliphatic carbocycles. The summed E-state index contributed by atoms with van der Waals surface area (Å²) in [7, 11) is 1.48. The minimum atomic E-state index is -0.412. The van der Waals surface area contributed by atoms with Crippen LogP contribution in [0.25, 0.3) is 6.08 Å². The van der Waals surface area contributed by atoms with Crippen LogP contribution in [0.5, 0.6) is 11.5 Å². The number of carbonyl (C=O) groups is 3. The number of benzene rings is 3. The van der Waals surface area contributed by atoms with E-state index < -0.39 is 5.91 Å². The Labute approximate surface area is 211 Å². The fraction of sp³-hybridized carbons (Fsp3) is 0.115. The Balaban J connectivity index is 1.51. The second-order valence-corrected chi connectivity index (χ2v) is 8.91. The monoisotopic (exact) mass is 508 g/mol. The Kier molecular flexibility index (Phi) is 7.74. The van der Waals surface area contributed by atoms with Gasteiger partial charge in [0.2, 0.25) is 0 Å². The highest BCUT2D eigenvalue weighted by atomic mass is 35.5. The average Bonchev–Trinajstić information content (AvgIpc) is 3.12. The summed E-state index contributed by atoms with van der Waals surface area (Å²) in [4.78, 5) is 39.3. The molecule has 4 rings (SSSR count). The van der Waals surface area contributed by atoms with Gasteiger partial charge in [0.25, 0.3) is 17.1 Å². The zero-order valence-corrected chi connectivity index (χ0v) is 20.3. The largest absolute Gasteiger partial charge is 0.493 e. The maximum absolute atomic E-state index is 13.0. The molecule has 0 unspecified atom stereocenters. The van der Waals surface area contributed by atoms with Crippen molar-refractivity contribution in [3.05, 3.63) is 93.9 Å². The molecule has 1 heterocycles. The van der Waals surface area contributed by atoms with Crippen molar-refractivity contribution in [2.75, 3.05) is 19.0 Å². The van der Waals surface area contributed by atoms with Crippen LogP contribution in [-0.2, 0) is 16.1 Å². The summed E-state index contributed by atoms with van der Waals surface area (Å²) in [6, 6.07) is 21.1. The molecule has 7 nitrogen and oxygen atoms in total. The van der Waals surface area contributed by atoms with E-state index in [9.17, 15) is 14.4 Å². The number of hydrogen-bond acceptors (Lipinski definition) is 6. The molecule has 1 saturated heterocycles. The van der Waals surface area contributed by atoms with Crippen LogP contribution in [0.4, 0.5) is 10.5 Å². The number of carbonyl (C=O) groups excluding carboxylic acids is 3. The third kappa shape index (κ3) is 6.03. The summed E-state index contributed by atoms with van der Waals surface area (Å²) in [5, 5.41) is 2.95. The highest BCUT2D eigenvalue weighted by Crippen LogP contribution is 2.38. The highest BCUT2D eigenvalue weighted by molar-refractivity contribution is 8.18. The minimum absolute atomic E-state index is 0.139. The molecule has 178 valence electrons. The van der Waals surface area contributed by atoms with E-state index in [0.29, 0.717) is 27.8 Å².